The first-order valence-corrected chi connectivity index (χ1v) is 9.48. The summed E-state index contributed by atoms with van der Waals surface area (Å²) < 4.78 is 13.7. The molecule has 0 aliphatic carbocycles. The second-order valence-electron chi connectivity index (χ2n) is 6.86. The van der Waals surface area contributed by atoms with Gasteiger partial charge >= 0.3 is 0 Å². The summed E-state index contributed by atoms with van der Waals surface area (Å²) in [5, 5.41) is 12.2. The number of carbonyl (C=O) groups excluding carboxylic acids is 1. The van der Waals surface area contributed by atoms with Crippen LogP contribution in [0.4, 0.5) is 0 Å². The number of amides is 1. The van der Waals surface area contributed by atoms with E-state index < -0.39 is 5.91 Å². The molecule has 1 N–H and O–H groups in total. The maximum atomic E-state index is 12.5. The highest BCUT2D eigenvalue weighted by molar-refractivity contribution is 6.01. The van der Waals surface area contributed by atoms with Crippen molar-refractivity contribution in [3.05, 3.63) is 52.9 Å². The van der Waals surface area contributed by atoms with Crippen LogP contribution in [0.15, 0.2) is 35.9 Å². The Kier molecular flexibility index (Phi) is 6.05. The molecule has 28 heavy (non-hydrogen) atoms. The summed E-state index contributed by atoms with van der Waals surface area (Å²) in [4.78, 5) is 12.5. The lowest BCUT2D eigenvalue weighted by atomic mass is 10.1. The maximum Gasteiger partial charge on any atom is 0.262 e. The van der Waals surface area contributed by atoms with E-state index in [4.69, 9.17) is 9.47 Å². The Labute approximate surface area is 165 Å². The number of carbonyl (C=O) groups is 1. The van der Waals surface area contributed by atoms with Crippen molar-refractivity contribution < 1.29 is 14.3 Å². The normalized spacial score (nSPS) is 15.8. The third kappa shape index (κ3) is 4.20. The molecule has 1 aliphatic rings. The van der Waals surface area contributed by atoms with Crippen LogP contribution in [-0.4, -0.2) is 29.7 Å². The Morgan fingerprint density at radius 2 is 2.11 bits per heavy atom. The summed E-state index contributed by atoms with van der Waals surface area (Å²) in [6.45, 7) is 7.69. The van der Waals surface area contributed by atoms with E-state index in [0.717, 1.165) is 29.9 Å². The van der Waals surface area contributed by atoms with E-state index in [0.29, 0.717) is 18.1 Å². The molecule has 1 aromatic heterocycles. The molecule has 3 rings (SSSR count). The molecule has 0 bridgehead atoms. The van der Waals surface area contributed by atoms with Crippen LogP contribution in [0.1, 0.15) is 30.3 Å². The molecule has 0 saturated carbocycles. The Balaban J connectivity index is 1.65. The lowest BCUT2D eigenvalue weighted by molar-refractivity contribution is -0.117. The van der Waals surface area contributed by atoms with Crippen LogP contribution in [-0.2, 0) is 11.3 Å². The van der Waals surface area contributed by atoms with Gasteiger partial charge in [-0.15, -0.1) is 0 Å². The van der Waals surface area contributed by atoms with Gasteiger partial charge in [0.1, 0.15) is 24.4 Å². The van der Waals surface area contributed by atoms with Gasteiger partial charge in [-0.25, -0.2) is 0 Å². The van der Waals surface area contributed by atoms with Crippen molar-refractivity contribution in [2.75, 3.05) is 13.2 Å². The Morgan fingerprint density at radius 1 is 1.36 bits per heavy atom. The lowest BCUT2D eigenvalue weighted by Gasteiger charge is -2.26. The number of para-hydroxylation sites is 2. The predicted octanol–water partition coefficient (Wildman–Crippen LogP) is 3.38. The molecule has 146 valence electrons. The van der Waals surface area contributed by atoms with Gasteiger partial charge in [-0.3, -0.25) is 4.79 Å². The average Bonchev–Trinajstić information content (AvgIpc) is 2.97. The summed E-state index contributed by atoms with van der Waals surface area (Å²) in [5.74, 6) is 0.947. The minimum absolute atomic E-state index is 0.0777. The summed E-state index contributed by atoms with van der Waals surface area (Å²) in [7, 11) is 0. The van der Waals surface area contributed by atoms with Crippen LogP contribution >= 0.6 is 0 Å². The minimum atomic E-state index is -0.412. The predicted molar refractivity (Wildman–Crippen MR) is 107 cm³/mol. The van der Waals surface area contributed by atoms with Crippen molar-refractivity contribution in [2.24, 2.45) is 0 Å². The largest absolute Gasteiger partial charge is 0.486 e. The lowest BCUT2D eigenvalue weighted by Crippen LogP contribution is -2.41. The number of nitrogens with one attached hydrogen (secondary N) is 1. The van der Waals surface area contributed by atoms with Gasteiger partial charge in [0.15, 0.2) is 11.5 Å². The Bertz CT molecular complexity index is 937. The van der Waals surface area contributed by atoms with Gasteiger partial charge in [0.2, 0.25) is 0 Å². The van der Waals surface area contributed by atoms with Gasteiger partial charge in [-0.2, -0.15) is 5.26 Å². The number of rotatable bonds is 6. The molecule has 6 heteroatoms. The molecule has 1 aromatic carbocycles. The van der Waals surface area contributed by atoms with Crippen molar-refractivity contribution in [1.82, 2.24) is 9.88 Å². The number of nitrogens with zero attached hydrogens (tertiary/aromatic N) is 2. The third-order valence-corrected chi connectivity index (χ3v) is 4.78. The minimum Gasteiger partial charge on any atom is -0.486 e. The SMILES string of the molecule is CCCn1c(C)cc(/C=C(\C#N)C(=O)NCC2COc3ccccc3O2)c1C. The molecule has 1 amide bonds. The second kappa shape index (κ2) is 8.66. The molecule has 6 nitrogen and oxygen atoms in total. The first-order valence-electron chi connectivity index (χ1n) is 9.48. The second-order valence-corrected chi connectivity index (χ2v) is 6.86. The highest BCUT2D eigenvalue weighted by Crippen LogP contribution is 2.30. The Morgan fingerprint density at radius 3 is 2.82 bits per heavy atom. The van der Waals surface area contributed by atoms with E-state index in [1.165, 1.54) is 0 Å². The number of hydrogen-bond donors (Lipinski definition) is 1. The van der Waals surface area contributed by atoms with E-state index >= 15 is 0 Å². The van der Waals surface area contributed by atoms with E-state index in [9.17, 15) is 10.1 Å². The smallest absolute Gasteiger partial charge is 0.262 e. The van der Waals surface area contributed by atoms with Crippen LogP contribution in [0.25, 0.3) is 6.08 Å². The van der Waals surface area contributed by atoms with Gasteiger partial charge < -0.3 is 19.4 Å². The Hall–Kier alpha value is -3.20. The van der Waals surface area contributed by atoms with E-state index in [1.54, 1.807) is 6.08 Å². The maximum absolute atomic E-state index is 12.5. The first kappa shape index (κ1) is 19.6. The number of aryl methyl sites for hydroxylation is 1. The zero-order valence-corrected chi connectivity index (χ0v) is 16.5. The van der Waals surface area contributed by atoms with E-state index in [-0.39, 0.29) is 18.2 Å². The van der Waals surface area contributed by atoms with Crippen LogP contribution in [0.2, 0.25) is 0 Å². The van der Waals surface area contributed by atoms with Crippen molar-refractivity contribution in [3.63, 3.8) is 0 Å². The summed E-state index contributed by atoms with van der Waals surface area (Å²) in [5.41, 5.74) is 3.15. The molecule has 0 radical (unpaired) electrons. The van der Waals surface area contributed by atoms with Crippen LogP contribution < -0.4 is 14.8 Å². The third-order valence-electron chi connectivity index (χ3n) is 4.78. The van der Waals surface area contributed by atoms with Gasteiger partial charge in [-0.05, 0) is 50.1 Å². The van der Waals surface area contributed by atoms with Crippen molar-refractivity contribution in [2.45, 2.75) is 39.8 Å². The summed E-state index contributed by atoms with van der Waals surface area (Å²) >= 11 is 0. The van der Waals surface area contributed by atoms with Crippen molar-refractivity contribution >= 4 is 12.0 Å². The molecule has 1 aliphatic heterocycles. The number of fused-ring (bicyclic) bond motifs is 1. The number of ether oxygens (including phenoxy) is 2. The molecule has 0 fully saturated rings. The molecule has 1 unspecified atom stereocenters. The fourth-order valence-electron chi connectivity index (χ4n) is 3.31. The molecule has 2 heterocycles. The standard InChI is InChI=1S/C22H25N3O3/c1-4-9-25-15(2)10-17(16(25)3)11-18(12-23)22(26)24-13-19-14-27-20-7-5-6-8-21(20)28-19/h5-8,10-11,19H,4,9,13-14H2,1-3H3,(H,24,26)/b18-11+. The van der Waals surface area contributed by atoms with Crippen molar-refractivity contribution in [3.8, 4) is 17.6 Å². The van der Waals surface area contributed by atoms with Crippen LogP contribution in [0, 0.1) is 25.2 Å². The first-order chi connectivity index (χ1) is 13.5. The van der Waals surface area contributed by atoms with E-state index in [1.807, 2.05) is 50.2 Å². The summed E-state index contributed by atoms with van der Waals surface area (Å²) in [6, 6.07) is 11.4. The molecular weight excluding hydrogens is 354 g/mol. The zero-order chi connectivity index (χ0) is 20.1. The average molecular weight is 379 g/mol. The monoisotopic (exact) mass is 379 g/mol. The summed E-state index contributed by atoms with van der Waals surface area (Å²) in [6.07, 6.45) is 2.38. The topological polar surface area (TPSA) is 76.3 Å². The van der Waals surface area contributed by atoms with Gasteiger partial charge in [0.25, 0.3) is 5.91 Å². The molecule has 1 atom stereocenters. The fourth-order valence-corrected chi connectivity index (χ4v) is 3.31. The number of aromatic nitrogens is 1. The van der Waals surface area contributed by atoms with Crippen LogP contribution in [0.5, 0.6) is 11.5 Å². The van der Waals surface area contributed by atoms with Crippen LogP contribution in [0.3, 0.4) is 0 Å². The number of benzene rings is 1. The highest BCUT2D eigenvalue weighted by atomic mass is 16.6. The van der Waals surface area contributed by atoms with E-state index in [2.05, 4.69) is 16.8 Å². The fraction of sp³-hybridized carbons (Fsp3) is 0.364. The molecule has 0 spiro atoms. The van der Waals surface area contributed by atoms with Crippen molar-refractivity contribution in [1.29, 1.82) is 5.26 Å². The van der Waals surface area contributed by atoms with Gasteiger partial charge in [-0.1, -0.05) is 19.1 Å². The number of nitriles is 1. The zero-order valence-electron chi connectivity index (χ0n) is 16.5. The number of hydrogen-bond acceptors (Lipinski definition) is 4. The molecular formula is C22H25N3O3. The quantitative estimate of drug-likeness (QED) is 0.617. The molecule has 2 aromatic rings. The molecule has 0 saturated heterocycles. The van der Waals surface area contributed by atoms with Gasteiger partial charge in [0.05, 0.1) is 6.54 Å². The highest BCUT2D eigenvalue weighted by Gasteiger charge is 2.22. The van der Waals surface area contributed by atoms with Gasteiger partial charge in [0, 0.05) is 17.9 Å².